The number of alkyl halides is 7. The minimum Gasteiger partial charge on any atom is -0.360 e. The summed E-state index contributed by atoms with van der Waals surface area (Å²) in [5, 5.41) is 0. The molecule has 1 saturated carbocycles. The molecular formula is C13H12ClF6N. The van der Waals surface area contributed by atoms with Crippen molar-refractivity contribution in [3.05, 3.63) is 29.3 Å². The first-order chi connectivity index (χ1) is 9.62. The highest BCUT2D eigenvalue weighted by Crippen LogP contribution is 2.39. The van der Waals surface area contributed by atoms with Gasteiger partial charge in [0.1, 0.15) is 6.54 Å². The highest BCUT2D eigenvalue weighted by Gasteiger charge is 2.40. The Balaban J connectivity index is 2.37. The number of halogens is 7. The molecule has 1 aliphatic rings. The molecule has 8 heteroatoms. The van der Waals surface area contributed by atoms with Gasteiger partial charge in [-0.1, -0.05) is 6.07 Å². The Hall–Kier alpha value is -1.11. The lowest BCUT2D eigenvalue weighted by Crippen LogP contribution is -2.36. The number of nitrogens with zero attached hydrogens (tertiary/aromatic N) is 1. The molecule has 0 unspecified atom stereocenters. The maximum atomic E-state index is 12.9. The Morgan fingerprint density at radius 3 is 2.14 bits per heavy atom. The Bertz CT molecular complexity index is 506. The number of rotatable bonds is 4. The minimum atomic E-state index is -4.65. The highest BCUT2D eigenvalue weighted by molar-refractivity contribution is 6.17. The third-order valence-electron chi connectivity index (χ3n) is 3.21. The van der Waals surface area contributed by atoms with Crippen LogP contribution in [-0.4, -0.2) is 18.8 Å². The molecule has 0 heterocycles. The SMILES string of the molecule is FC(F)(F)CN(c1ccc(CCl)c(C(F)(F)F)c1)C1CC1. The van der Waals surface area contributed by atoms with Crippen molar-refractivity contribution in [1.82, 2.24) is 0 Å². The van der Waals surface area contributed by atoms with Gasteiger partial charge in [-0.15, -0.1) is 11.6 Å². The van der Waals surface area contributed by atoms with Crippen molar-refractivity contribution in [1.29, 1.82) is 0 Å². The van der Waals surface area contributed by atoms with Crippen LogP contribution in [0.3, 0.4) is 0 Å². The Kier molecular flexibility index (Phi) is 4.33. The molecule has 21 heavy (non-hydrogen) atoms. The van der Waals surface area contributed by atoms with Crippen LogP contribution < -0.4 is 4.90 Å². The van der Waals surface area contributed by atoms with Crippen LogP contribution in [-0.2, 0) is 12.1 Å². The highest BCUT2D eigenvalue weighted by atomic mass is 35.5. The van der Waals surface area contributed by atoms with E-state index in [2.05, 4.69) is 0 Å². The molecule has 1 aromatic carbocycles. The Morgan fingerprint density at radius 2 is 1.71 bits per heavy atom. The second kappa shape index (κ2) is 5.59. The number of anilines is 1. The predicted molar refractivity (Wildman–Crippen MR) is 67.4 cm³/mol. The van der Waals surface area contributed by atoms with Crippen LogP contribution >= 0.6 is 11.6 Å². The molecule has 1 aromatic rings. The standard InChI is InChI=1S/C13H12ClF6N/c14-6-8-1-2-10(5-11(8)13(18,19)20)21(9-3-4-9)7-12(15,16)17/h1-2,5,9H,3-4,6-7H2. The minimum absolute atomic E-state index is 0.0731. The van der Waals surface area contributed by atoms with E-state index in [1.807, 2.05) is 0 Å². The third kappa shape index (κ3) is 4.18. The summed E-state index contributed by atoms with van der Waals surface area (Å²) in [4.78, 5) is 0.979. The van der Waals surface area contributed by atoms with Gasteiger partial charge in [0.05, 0.1) is 5.56 Å². The summed E-state index contributed by atoms with van der Waals surface area (Å²) in [7, 11) is 0. The predicted octanol–water partition coefficient (Wildman–Crippen LogP) is 4.98. The fourth-order valence-electron chi connectivity index (χ4n) is 2.13. The molecule has 0 atom stereocenters. The molecule has 0 N–H and O–H groups in total. The van der Waals surface area contributed by atoms with Gasteiger partial charge >= 0.3 is 12.4 Å². The zero-order valence-electron chi connectivity index (χ0n) is 10.7. The smallest absolute Gasteiger partial charge is 0.360 e. The average molecular weight is 332 g/mol. The van der Waals surface area contributed by atoms with E-state index in [0.29, 0.717) is 12.8 Å². The number of benzene rings is 1. The largest absolute Gasteiger partial charge is 0.416 e. The summed E-state index contributed by atoms with van der Waals surface area (Å²) in [5.41, 5.74) is -1.20. The summed E-state index contributed by atoms with van der Waals surface area (Å²) in [6.07, 6.45) is -8.01. The summed E-state index contributed by atoms with van der Waals surface area (Å²) in [5.74, 6) is -0.349. The lowest BCUT2D eigenvalue weighted by molar-refractivity contribution is -0.138. The molecule has 0 saturated heterocycles. The molecule has 0 bridgehead atoms. The molecule has 0 spiro atoms. The van der Waals surface area contributed by atoms with E-state index >= 15 is 0 Å². The summed E-state index contributed by atoms with van der Waals surface area (Å²) >= 11 is 5.46. The fraction of sp³-hybridized carbons (Fsp3) is 0.538. The molecule has 0 amide bonds. The first-order valence-corrected chi connectivity index (χ1v) is 6.75. The van der Waals surface area contributed by atoms with Gasteiger partial charge in [-0.2, -0.15) is 26.3 Å². The fourth-order valence-corrected chi connectivity index (χ4v) is 2.37. The van der Waals surface area contributed by atoms with E-state index in [-0.39, 0.29) is 23.2 Å². The second-order valence-electron chi connectivity index (χ2n) is 4.95. The zero-order chi connectivity index (χ0) is 15.8. The van der Waals surface area contributed by atoms with E-state index in [1.165, 1.54) is 6.07 Å². The van der Waals surface area contributed by atoms with E-state index in [1.54, 1.807) is 0 Å². The van der Waals surface area contributed by atoms with Crippen molar-refractivity contribution in [2.24, 2.45) is 0 Å². The number of hydrogen-bond donors (Lipinski definition) is 0. The topological polar surface area (TPSA) is 3.24 Å². The lowest BCUT2D eigenvalue weighted by atomic mass is 10.1. The molecule has 0 aliphatic heterocycles. The Labute approximate surface area is 122 Å². The van der Waals surface area contributed by atoms with Gasteiger partial charge in [-0.05, 0) is 30.5 Å². The van der Waals surface area contributed by atoms with Crippen molar-refractivity contribution in [3.8, 4) is 0 Å². The molecule has 0 aromatic heterocycles. The van der Waals surface area contributed by atoms with Gasteiger partial charge < -0.3 is 4.90 Å². The van der Waals surface area contributed by atoms with Crippen LogP contribution in [0.15, 0.2) is 18.2 Å². The van der Waals surface area contributed by atoms with Gasteiger partial charge in [0.15, 0.2) is 0 Å². The second-order valence-corrected chi connectivity index (χ2v) is 5.21. The van der Waals surface area contributed by atoms with Crippen LogP contribution in [0.2, 0.25) is 0 Å². The van der Waals surface area contributed by atoms with Crippen LogP contribution in [0, 0.1) is 0 Å². The molecular weight excluding hydrogens is 320 g/mol. The van der Waals surface area contributed by atoms with E-state index in [0.717, 1.165) is 17.0 Å². The summed E-state index contributed by atoms with van der Waals surface area (Å²) in [6.45, 7) is -1.25. The maximum Gasteiger partial charge on any atom is 0.416 e. The van der Waals surface area contributed by atoms with Crippen molar-refractivity contribution in [2.45, 2.75) is 37.1 Å². The monoisotopic (exact) mass is 331 g/mol. The van der Waals surface area contributed by atoms with E-state index in [9.17, 15) is 26.3 Å². The molecule has 1 aliphatic carbocycles. The molecule has 2 rings (SSSR count). The first kappa shape index (κ1) is 16.3. The quantitative estimate of drug-likeness (QED) is 0.556. The summed E-state index contributed by atoms with van der Waals surface area (Å²) < 4.78 is 76.5. The molecule has 118 valence electrons. The number of hydrogen-bond acceptors (Lipinski definition) is 1. The van der Waals surface area contributed by atoms with Gasteiger partial charge in [0, 0.05) is 17.6 Å². The van der Waals surface area contributed by atoms with E-state index in [4.69, 9.17) is 11.6 Å². The van der Waals surface area contributed by atoms with Crippen LogP contribution in [0.4, 0.5) is 32.0 Å². The van der Waals surface area contributed by atoms with Gasteiger partial charge in [0.2, 0.25) is 0 Å². The summed E-state index contributed by atoms with van der Waals surface area (Å²) in [6, 6.07) is 2.80. The molecule has 0 radical (unpaired) electrons. The maximum absolute atomic E-state index is 12.9. The van der Waals surface area contributed by atoms with Crippen molar-refractivity contribution < 1.29 is 26.3 Å². The van der Waals surface area contributed by atoms with Gasteiger partial charge in [-0.3, -0.25) is 0 Å². The van der Waals surface area contributed by atoms with Gasteiger partial charge in [-0.25, -0.2) is 0 Å². The third-order valence-corrected chi connectivity index (χ3v) is 3.50. The normalized spacial score (nSPS) is 16.1. The van der Waals surface area contributed by atoms with Crippen molar-refractivity contribution in [2.75, 3.05) is 11.4 Å². The Morgan fingerprint density at radius 1 is 1.10 bits per heavy atom. The van der Waals surface area contributed by atoms with E-state index < -0.39 is 24.5 Å². The van der Waals surface area contributed by atoms with Crippen molar-refractivity contribution in [3.63, 3.8) is 0 Å². The average Bonchev–Trinajstić information content (AvgIpc) is 3.17. The lowest BCUT2D eigenvalue weighted by Gasteiger charge is -2.27. The van der Waals surface area contributed by atoms with Crippen LogP contribution in [0.25, 0.3) is 0 Å². The van der Waals surface area contributed by atoms with Crippen LogP contribution in [0.1, 0.15) is 24.0 Å². The van der Waals surface area contributed by atoms with Crippen LogP contribution in [0.5, 0.6) is 0 Å². The zero-order valence-corrected chi connectivity index (χ0v) is 11.5. The molecule has 1 nitrogen and oxygen atoms in total. The molecule has 1 fully saturated rings. The van der Waals surface area contributed by atoms with Gasteiger partial charge in [0.25, 0.3) is 0 Å². The first-order valence-electron chi connectivity index (χ1n) is 6.21. The van der Waals surface area contributed by atoms with Crippen molar-refractivity contribution >= 4 is 17.3 Å².